The van der Waals surface area contributed by atoms with Crippen molar-refractivity contribution in [2.45, 2.75) is 19.4 Å². The van der Waals surface area contributed by atoms with Gasteiger partial charge in [-0.3, -0.25) is 4.79 Å². The number of carbonyl (C=O) groups is 1. The number of nitrogens with two attached hydrogens (primary N) is 1. The average molecular weight is 324 g/mol. The normalized spacial score (nSPS) is 12.0. The summed E-state index contributed by atoms with van der Waals surface area (Å²) in [4.78, 5) is 12.6. The van der Waals surface area contributed by atoms with Crippen molar-refractivity contribution in [3.8, 4) is 5.75 Å². The summed E-state index contributed by atoms with van der Waals surface area (Å²) in [5, 5.41) is 0.810. The minimum atomic E-state index is -0.661. The molecular weight excluding hydrogens is 309 g/mol. The molecule has 0 bridgehead atoms. The second kappa shape index (κ2) is 6.83. The second-order valence-corrected chi connectivity index (χ2v) is 5.38. The Hall–Kier alpha value is -1.71. The van der Waals surface area contributed by atoms with Crippen molar-refractivity contribution in [2.75, 3.05) is 5.73 Å². The van der Waals surface area contributed by atoms with Crippen LogP contribution >= 0.6 is 23.2 Å². The van der Waals surface area contributed by atoms with E-state index in [4.69, 9.17) is 33.7 Å². The quantitative estimate of drug-likeness (QED) is 0.645. The van der Waals surface area contributed by atoms with Crippen molar-refractivity contribution in [1.29, 1.82) is 0 Å². The zero-order valence-corrected chi connectivity index (χ0v) is 13.0. The minimum absolute atomic E-state index is 0.215. The van der Waals surface area contributed by atoms with Gasteiger partial charge in [-0.1, -0.05) is 42.3 Å². The Morgan fingerprint density at radius 2 is 1.95 bits per heavy atom. The topological polar surface area (TPSA) is 52.3 Å². The summed E-state index contributed by atoms with van der Waals surface area (Å²) >= 11 is 12.0. The van der Waals surface area contributed by atoms with E-state index in [2.05, 4.69) is 0 Å². The van der Waals surface area contributed by atoms with Gasteiger partial charge >= 0.3 is 0 Å². The fourth-order valence-corrected chi connectivity index (χ4v) is 2.31. The number of carbonyl (C=O) groups excluding carboxylic acids is 1. The molecule has 0 radical (unpaired) electrons. The molecule has 0 fully saturated rings. The van der Waals surface area contributed by atoms with Crippen molar-refractivity contribution in [2.24, 2.45) is 0 Å². The highest BCUT2D eigenvalue weighted by Crippen LogP contribution is 2.26. The van der Waals surface area contributed by atoms with Gasteiger partial charge in [0.05, 0.1) is 10.7 Å². The van der Waals surface area contributed by atoms with Crippen molar-refractivity contribution < 1.29 is 9.53 Å². The standard InChI is InChI=1S/C16H15Cl2NO2/c1-2-14(21-15-6-4-3-5-13(15)19)16(20)11-9-10(17)7-8-12(11)18/h3-9,14H,2,19H2,1H3. The fraction of sp³-hybridized carbons (Fsp3) is 0.188. The first-order valence-corrected chi connectivity index (χ1v) is 7.29. The van der Waals surface area contributed by atoms with Gasteiger partial charge in [0.1, 0.15) is 5.75 Å². The van der Waals surface area contributed by atoms with Crippen LogP contribution in [0.15, 0.2) is 42.5 Å². The van der Waals surface area contributed by atoms with Gasteiger partial charge in [-0.15, -0.1) is 0 Å². The summed E-state index contributed by atoms with van der Waals surface area (Å²) in [5.41, 5.74) is 6.67. The molecule has 2 rings (SSSR count). The SMILES string of the molecule is CCC(Oc1ccccc1N)C(=O)c1cc(Cl)ccc1Cl. The number of ketones is 1. The summed E-state index contributed by atoms with van der Waals surface area (Å²) in [7, 11) is 0. The lowest BCUT2D eigenvalue weighted by Gasteiger charge is -2.18. The fourth-order valence-electron chi connectivity index (χ4n) is 1.92. The molecular formula is C16H15Cl2NO2. The van der Waals surface area contributed by atoms with Gasteiger partial charge in [-0.25, -0.2) is 0 Å². The summed E-state index contributed by atoms with van der Waals surface area (Å²) < 4.78 is 5.73. The predicted octanol–water partition coefficient (Wildman–Crippen LogP) is 4.62. The van der Waals surface area contributed by atoms with Crippen LogP contribution in [0.3, 0.4) is 0 Å². The largest absolute Gasteiger partial charge is 0.480 e. The molecule has 2 aromatic rings. The van der Waals surface area contributed by atoms with Crippen molar-refractivity contribution in [3.63, 3.8) is 0 Å². The van der Waals surface area contributed by atoms with Crippen LogP contribution < -0.4 is 10.5 Å². The molecule has 0 aliphatic carbocycles. The average Bonchev–Trinajstić information content (AvgIpc) is 2.48. The highest BCUT2D eigenvalue weighted by atomic mass is 35.5. The van der Waals surface area contributed by atoms with Crippen molar-refractivity contribution in [1.82, 2.24) is 0 Å². The molecule has 0 amide bonds. The van der Waals surface area contributed by atoms with E-state index in [0.717, 1.165) is 0 Å². The molecule has 2 aromatic carbocycles. The number of nitrogen functional groups attached to an aromatic ring is 1. The summed E-state index contributed by atoms with van der Waals surface area (Å²) in [5.74, 6) is 0.268. The lowest BCUT2D eigenvalue weighted by molar-refractivity contribution is 0.0788. The molecule has 3 nitrogen and oxygen atoms in total. The van der Waals surface area contributed by atoms with E-state index in [1.807, 2.05) is 6.92 Å². The summed E-state index contributed by atoms with van der Waals surface area (Å²) in [6.45, 7) is 1.86. The monoisotopic (exact) mass is 323 g/mol. The highest BCUT2D eigenvalue weighted by Gasteiger charge is 2.23. The summed E-state index contributed by atoms with van der Waals surface area (Å²) in [6.07, 6.45) is -0.165. The molecule has 0 heterocycles. The molecule has 0 spiro atoms. The zero-order chi connectivity index (χ0) is 15.4. The lowest BCUT2D eigenvalue weighted by Crippen LogP contribution is -2.27. The molecule has 1 unspecified atom stereocenters. The number of rotatable bonds is 5. The Balaban J connectivity index is 2.27. The van der Waals surface area contributed by atoms with Gasteiger partial charge in [0.25, 0.3) is 0 Å². The van der Waals surface area contributed by atoms with E-state index in [0.29, 0.717) is 33.5 Å². The van der Waals surface area contributed by atoms with Crippen LogP contribution in [0.1, 0.15) is 23.7 Å². The highest BCUT2D eigenvalue weighted by molar-refractivity contribution is 6.36. The summed E-state index contributed by atoms with van der Waals surface area (Å²) in [6, 6.07) is 11.8. The molecule has 2 N–H and O–H groups in total. The number of hydrogen-bond donors (Lipinski definition) is 1. The number of Topliss-reactive ketones (excluding diaryl/α,β-unsaturated/α-hetero) is 1. The Morgan fingerprint density at radius 3 is 2.62 bits per heavy atom. The minimum Gasteiger partial charge on any atom is -0.480 e. The molecule has 0 saturated heterocycles. The number of ether oxygens (including phenoxy) is 1. The van der Waals surface area contributed by atoms with Gasteiger partial charge < -0.3 is 10.5 Å². The number of benzene rings is 2. The Kier molecular flexibility index (Phi) is 5.10. The lowest BCUT2D eigenvalue weighted by atomic mass is 10.0. The zero-order valence-electron chi connectivity index (χ0n) is 11.5. The Morgan fingerprint density at radius 1 is 1.24 bits per heavy atom. The third-order valence-corrected chi connectivity index (χ3v) is 3.61. The van der Waals surface area contributed by atoms with E-state index in [9.17, 15) is 4.79 Å². The van der Waals surface area contributed by atoms with Crippen LogP contribution in [0, 0.1) is 0 Å². The van der Waals surface area contributed by atoms with Crippen molar-refractivity contribution in [3.05, 3.63) is 58.1 Å². The van der Waals surface area contributed by atoms with E-state index in [1.165, 1.54) is 0 Å². The van der Waals surface area contributed by atoms with Gasteiger partial charge in [0, 0.05) is 10.6 Å². The first-order valence-electron chi connectivity index (χ1n) is 6.53. The maximum atomic E-state index is 12.6. The second-order valence-electron chi connectivity index (χ2n) is 4.54. The van der Waals surface area contributed by atoms with Gasteiger partial charge in [-0.2, -0.15) is 0 Å². The molecule has 5 heteroatoms. The number of para-hydroxylation sites is 2. The van der Waals surface area contributed by atoms with E-state index in [1.54, 1.807) is 42.5 Å². The number of halogens is 2. The van der Waals surface area contributed by atoms with E-state index in [-0.39, 0.29) is 5.78 Å². The van der Waals surface area contributed by atoms with Crippen LogP contribution in [0.4, 0.5) is 5.69 Å². The third-order valence-electron chi connectivity index (χ3n) is 3.05. The van der Waals surface area contributed by atoms with Crippen LogP contribution in [0.25, 0.3) is 0 Å². The first kappa shape index (κ1) is 15.7. The Bertz CT molecular complexity index is 658. The van der Waals surface area contributed by atoms with Crippen LogP contribution in [0.5, 0.6) is 5.75 Å². The van der Waals surface area contributed by atoms with E-state index >= 15 is 0 Å². The molecule has 1 atom stereocenters. The van der Waals surface area contributed by atoms with Gasteiger partial charge in [-0.05, 0) is 36.8 Å². The smallest absolute Gasteiger partial charge is 0.204 e. The van der Waals surface area contributed by atoms with Crippen LogP contribution in [0.2, 0.25) is 10.0 Å². The van der Waals surface area contributed by atoms with Gasteiger partial charge in [0.15, 0.2) is 6.10 Å². The number of hydrogen-bond acceptors (Lipinski definition) is 3. The predicted molar refractivity (Wildman–Crippen MR) is 86.4 cm³/mol. The molecule has 0 aliphatic rings. The third kappa shape index (κ3) is 3.69. The molecule has 0 saturated carbocycles. The van der Waals surface area contributed by atoms with Gasteiger partial charge in [0.2, 0.25) is 5.78 Å². The molecule has 110 valence electrons. The first-order chi connectivity index (χ1) is 10.0. The van der Waals surface area contributed by atoms with E-state index < -0.39 is 6.10 Å². The maximum absolute atomic E-state index is 12.6. The van der Waals surface area contributed by atoms with Crippen molar-refractivity contribution >= 4 is 34.7 Å². The Labute approximate surface area is 133 Å². The van der Waals surface area contributed by atoms with Crippen LogP contribution in [-0.2, 0) is 0 Å². The number of anilines is 1. The molecule has 0 aromatic heterocycles. The molecule has 0 aliphatic heterocycles. The molecule has 21 heavy (non-hydrogen) atoms. The maximum Gasteiger partial charge on any atom is 0.204 e. The van der Waals surface area contributed by atoms with Crippen LogP contribution in [-0.4, -0.2) is 11.9 Å².